The molecule has 1 aliphatic heterocycles. The average molecular weight is 327 g/mol. The summed E-state index contributed by atoms with van der Waals surface area (Å²) < 4.78 is 12.0. The molecule has 23 heavy (non-hydrogen) atoms. The second-order valence-corrected chi connectivity index (χ2v) is 7.78. The van der Waals surface area contributed by atoms with E-state index < -0.39 is 11.6 Å². The molecule has 0 aromatic rings. The van der Waals surface area contributed by atoms with Crippen LogP contribution in [0.15, 0.2) is 0 Å². The Bertz CT molecular complexity index is 456. The number of carbonyl (C=O) groups is 1. The van der Waals surface area contributed by atoms with Crippen molar-refractivity contribution in [3.63, 3.8) is 0 Å². The van der Waals surface area contributed by atoms with Crippen molar-refractivity contribution in [3.05, 3.63) is 0 Å². The molecule has 0 aromatic heterocycles. The fourth-order valence-corrected chi connectivity index (χ4v) is 3.96. The molecule has 3 unspecified atom stereocenters. The van der Waals surface area contributed by atoms with Crippen molar-refractivity contribution >= 4 is 6.09 Å². The first-order valence-electron chi connectivity index (χ1n) is 8.79. The third kappa shape index (κ3) is 3.35. The van der Waals surface area contributed by atoms with Crippen LogP contribution in [0.1, 0.15) is 58.8 Å². The molecule has 1 heterocycles. The fraction of sp³-hybridized carbons (Fsp3) is 0.941. The van der Waals surface area contributed by atoms with Gasteiger partial charge in [-0.1, -0.05) is 20.3 Å². The summed E-state index contributed by atoms with van der Waals surface area (Å²) in [5.41, 5.74) is 0. The minimum Gasteiger partial charge on any atom is -0.446 e. The number of hydrogen-bond donors (Lipinski definition) is 0. The quantitative estimate of drug-likeness (QED) is 0.690. The van der Waals surface area contributed by atoms with Gasteiger partial charge < -0.3 is 14.4 Å². The van der Waals surface area contributed by atoms with Crippen LogP contribution >= 0.6 is 0 Å². The normalized spacial score (nSPS) is 43.7. The second-order valence-electron chi connectivity index (χ2n) is 7.78. The van der Waals surface area contributed by atoms with E-state index in [9.17, 15) is 4.79 Å². The highest BCUT2D eigenvalue weighted by atomic mass is 17.3. The molecule has 132 valence electrons. The molecule has 3 fully saturated rings. The van der Waals surface area contributed by atoms with Gasteiger partial charge in [-0.25, -0.2) is 4.79 Å². The summed E-state index contributed by atoms with van der Waals surface area (Å²) in [4.78, 5) is 24.8. The molecular weight excluding hydrogens is 298 g/mol. The largest absolute Gasteiger partial charge is 0.446 e. The van der Waals surface area contributed by atoms with E-state index in [1.807, 2.05) is 0 Å². The summed E-state index contributed by atoms with van der Waals surface area (Å²) in [5, 5.41) is 0. The molecular formula is C17H29NO5. The lowest BCUT2D eigenvalue weighted by molar-refractivity contribution is -0.369. The van der Waals surface area contributed by atoms with E-state index in [-0.39, 0.29) is 12.2 Å². The van der Waals surface area contributed by atoms with Crippen molar-refractivity contribution in [2.75, 3.05) is 14.1 Å². The Hall–Kier alpha value is -0.850. The van der Waals surface area contributed by atoms with Gasteiger partial charge in [0.05, 0.1) is 0 Å². The van der Waals surface area contributed by atoms with E-state index in [2.05, 4.69) is 13.8 Å². The van der Waals surface area contributed by atoms with Crippen molar-refractivity contribution in [2.24, 2.45) is 11.8 Å². The maximum absolute atomic E-state index is 11.8. The molecule has 0 N–H and O–H groups in total. The van der Waals surface area contributed by atoms with Crippen LogP contribution in [0, 0.1) is 11.8 Å². The fourth-order valence-electron chi connectivity index (χ4n) is 3.96. The van der Waals surface area contributed by atoms with Gasteiger partial charge >= 0.3 is 6.09 Å². The van der Waals surface area contributed by atoms with E-state index >= 15 is 0 Å². The number of carbonyl (C=O) groups excluding carboxylic acids is 1. The number of amides is 1. The van der Waals surface area contributed by atoms with Crippen LogP contribution in [-0.2, 0) is 19.2 Å². The Morgan fingerprint density at radius 3 is 2.65 bits per heavy atom. The highest BCUT2D eigenvalue weighted by molar-refractivity contribution is 5.66. The van der Waals surface area contributed by atoms with E-state index in [1.54, 1.807) is 14.1 Å². The molecule has 2 saturated carbocycles. The second kappa shape index (κ2) is 6.22. The van der Waals surface area contributed by atoms with Crippen LogP contribution in [0.4, 0.5) is 4.79 Å². The van der Waals surface area contributed by atoms with Gasteiger partial charge in [-0.15, -0.1) is 0 Å². The van der Waals surface area contributed by atoms with Crippen LogP contribution in [0.2, 0.25) is 0 Å². The first-order valence-corrected chi connectivity index (χ1v) is 8.79. The van der Waals surface area contributed by atoms with E-state index in [0.717, 1.165) is 32.1 Å². The molecule has 3 rings (SSSR count). The third-order valence-corrected chi connectivity index (χ3v) is 5.42. The van der Waals surface area contributed by atoms with Crippen LogP contribution < -0.4 is 0 Å². The topological polar surface area (TPSA) is 57.2 Å². The lowest BCUT2D eigenvalue weighted by Crippen LogP contribution is -2.47. The predicted molar refractivity (Wildman–Crippen MR) is 83.3 cm³/mol. The first-order chi connectivity index (χ1) is 10.8. The zero-order chi connectivity index (χ0) is 16.7. The molecule has 1 amide bonds. The molecule has 5 atom stereocenters. The maximum atomic E-state index is 11.8. The van der Waals surface area contributed by atoms with Crippen molar-refractivity contribution in [1.29, 1.82) is 0 Å². The smallest absolute Gasteiger partial charge is 0.409 e. The Morgan fingerprint density at radius 1 is 1.13 bits per heavy atom. The molecule has 6 heteroatoms. The number of nitrogens with zero attached hydrogens (tertiary/aromatic N) is 1. The minimum absolute atomic E-state index is 0.186. The van der Waals surface area contributed by atoms with Gasteiger partial charge in [0.1, 0.15) is 6.10 Å². The lowest BCUT2D eigenvalue weighted by atomic mass is 9.78. The van der Waals surface area contributed by atoms with Gasteiger partial charge in [-0.2, -0.15) is 9.78 Å². The van der Waals surface area contributed by atoms with Gasteiger partial charge in [0, 0.05) is 39.3 Å². The molecule has 0 radical (unpaired) electrons. The molecule has 3 aliphatic rings. The SMILES string of the molecule is CC1CCC(C)C2(C1)OO[C@@]1(CCC[C@@H](OC(=O)N(C)C)C1)O2. The number of rotatable bonds is 1. The van der Waals surface area contributed by atoms with Crippen LogP contribution in [0.3, 0.4) is 0 Å². The monoisotopic (exact) mass is 327 g/mol. The summed E-state index contributed by atoms with van der Waals surface area (Å²) in [7, 11) is 3.37. The summed E-state index contributed by atoms with van der Waals surface area (Å²) in [6, 6.07) is 0. The van der Waals surface area contributed by atoms with Crippen LogP contribution in [0.5, 0.6) is 0 Å². The molecule has 6 nitrogen and oxygen atoms in total. The van der Waals surface area contributed by atoms with Gasteiger partial charge in [0.15, 0.2) is 0 Å². The van der Waals surface area contributed by atoms with Crippen LogP contribution in [-0.4, -0.2) is 42.8 Å². The van der Waals surface area contributed by atoms with Crippen molar-refractivity contribution in [1.82, 2.24) is 4.90 Å². The molecule has 1 saturated heterocycles. The van der Waals surface area contributed by atoms with Gasteiger partial charge in [-0.05, 0) is 25.2 Å². The highest BCUT2D eigenvalue weighted by Crippen LogP contribution is 2.51. The third-order valence-electron chi connectivity index (χ3n) is 5.42. The van der Waals surface area contributed by atoms with Crippen molar-refractivity contribution in [3.8, 4) is 0 Å². The summed E-state index contributed by atoms with van der Waals surface area (Å²) in [6.45, 7) is 4.40. The summed E-state index contributed by atoms with van der Waals surface area (Å²) in [6.07, 6.45) is 5.70. The Labute approximate surface area is 138 Å². The number of ether oxygens (including phenoxy) is 2. The van der Waals surface area contributed by atoms with E-state index in [1.165, 1.54) is 11.3 Å². The minimum atomic E-state index is -0.763. The Kier molecular flexibility index (Phi) is 4.60. The summed E-state index contributed by atoms with van der Waals surface area (Å²) >= 11 is 0. The van der Waals surface area contributed by atoms with Gasteiger partial charge in [0.25, 0.3) is 0 Å². The van der Waals surface area contributed by atoms with Crippen molar-refractivity contribution in [2.45, 2.75) is 76.5 Å². The zero-order valence-electron chi connectivity index (χ0n) is 14.7. The Balaban J connectivity index is 1.67. The zero-order valence-corrected chi connectivity index (χ0v) is 14.7. The molecule has 2 aliphatic carbocycles. The van der Waals surface area contributed by atoms with Gasteiger partial charge in [0.2, 0.25) is 11.6 Å². The highest BCUT2D eigenvalue weighted by Gasteiger charge is 2.58. The van der Waals surface area contributed by atoms with Crippen LogP contribution in [0.25, 0.3) is 0 Å². The standard InChI is InChI=1S/C17H29NO5/c1-12-7-8-13(2)17(10-12)21-16(22-23-17)9-5-6-14(11-16)20-15(19)18(3)4/h12-14H,5-11H2,1-4H3/t12?,13?,14-,16-,17?/m1/s1. The number of hydrogen-bond acceptors (Lipinski definition) is 5. The Morgan fingerprint density at radius 2 is 1.91 bits per heavy atom. The molecule has 0 bridgehead atoms. The van der Waals surface area contributed by atoms with Gasteiger partial charge in [-0.3, -0.25) is 0 Å². The maximum Gasteiger partial charge on any atom is 0.409 e. The molecule has 2 spiro atoms. The van der Waals surface area contributed by atoms with Crippen molar-refractivity contribution < 1.29 is 24.0 Å². The first kappa shape index (κ1) is 17.0. The predicted octanol–water partition coefficient (Wildman–Crippen LogP) is 3.45. The molecule has 0 aromatic carbocycles. The summed E-state index contributed by atoms with van der Waals surface area (Å²) in [5.74, 6) is -0.523. The average Bonchev–Trinajstić information content (AvgIpc) is 2.82. The van der Waals surface area contributed by atoms with E-state index in [4.69, 9.17) is 19.2 Å². The lowest BCUT2D eigenvalue weighted by Gasteiger charge is -2.41. The van der Waals surface area contributed by atoms with E-state index in [0.29, 0.717) is 18.3 Å².